The van der Waals surface area contributed by atoms with E-state index < -0.39 is 6.09 Å². The lowest BCUT2D eigenvalue weighted by molar-refractivity contribution is 0.123. The quantitative estimate of drug-likeness (QED) is 0.766. The number of nitrogens with two attached hydrogens (primary N) is 1. The molecule has 1 unspecified atom stereocenters. The Bertz CT molecular complexity index is 343. The summed E-state index contributed by atoms with van der Waals surface area (Å²) in [6.45, 7) is 3.54. The van der Waals surface area contributed by atoms with E-state index in [-0.39, 0.29) is 12.6 Å². The third kappa shape index (κ3) is 6.22. The molecule has 0 aliphatic carbocycles. The molecule has 0 aliphatic heterocycles. The van der Waals surface area contributed by atoms with E-state index in [1.54, 1.807) is 0 Å². The van der Waals surface area contributed by atoms with Crippen LogP contribution in [0.15, 0.2) is 30.3 Å². The van der Waals surface area contributed by atoms with Crippen molar-refractivity contribution < 1.29 is 14.3 Å². The van der Waals surface area contributed by atoms with Gasteiger partial charge in [0.1, 0.15) is 6.61 Å². The summed E-state index contributed by atoms with van der Waals surface area (Å²) >= 11 is 0. The summed E-state index contributed by atoms with van der Waals surface area (Å²) in [7, 11) is 0. The van der Waals surface area contributed by atoms with Crippen LogP contribution >= 0.6 is 0 Å². The van der Waals surface area contributed by atoms with Gasteiger partial charge in [0.05, 0.1) is 6.61 Å². The van der Waals surface area contributed by atoms with Gasteiger partial charge in [-0.1, -0.05) is 30.3 Å². The van der Waals surface area contributed by atoms with Crippen molar-refractivity contribution in [2.24, 2.45) is 5.73 Å². The summed E-state index contributed by atoms with van der Waals surface area (Å²) in [6.07, 6.45) is -0.467. The van der Waals surface area contributed by atoms with Gasteiger partial charge in [-0.2, -0.15) is 0 Å². The summed E-state index contributed by atoms with van der Waals surface area (Å²) in [5.41, 5.74) is 6.67. The lowest BCUT2D eigenvalue weighted by Gasteiger charge is -2.12. The fourth-order valence-corrected chi connectivity index (χ4v) is 1.32. The molecule has 1 atom stereocenters. The van der Waals surface area contributed by atoms with Crippen molar-refractivity contribution in [3.63, 3.8) is 0 Å². The summed E-state index contributed by atoms with van der Waals surface area (Å²) in [6, 6.07) is 9.29. The number of carbonyl (C=O) groups excluding carboxylic acids is 1. The summed E-state index contributed by atoms with van der Waals surface area (Å²) in [5, 5.41) is 2.60. The first-order valence-corrected chi connectivity index (χ1v) is 6.00. The largest absolute Gasteiger partial charge is 0.445 e. The molecular weight excluding hydrogens is 232 g/mol. The van der Waals surface area contributed by atoms with Gasteiger partial charge in [0, 0.05) is 19.2 Å². The number of alkyl carbamates (subject to hydrolysis) is 1. The van der Waals surface area contributed by atoms with Crippen LogP contribution in [0.25, 0.3) is 0 Å². The van der Waals surface area contributed by atoms with Gasteiger partial charge in [0.2, 0.25) is 0 Å². The Labute approximate surface area is 107 Å². The molecule has 5 nitrogen and oxygen atoms in total. The Morgan fingerprint density at radius 2 is 2.11 bits per heavy atom. The average Bonchev–Trinajstić information content (AvgIpc) is 2.41. The Balaban J connectivity index is 2.14. The van der Waals surface area contributed by atoms with E-state index in [1.165, 1.54) is 0 Å². The molecule has 18 heavy (non-hydrogen) atoms. The zero-order chi connectivity index (χ0) is 13.2. The number of nitrogens with one attached hydrogen (secondary N) is 1. The summed E-state index contributed by atoms with van der Waals surface area (Å²) in [5.74, 6) is 0. The molecule has 0 bridgehead atoms. The monoisotopic (exact) mass is 252 g/mol. The van der Waals surface area contributed by atoms with Crippen molar-refractivity contribution in [3.8, 4) is 0 Å². The first-order chi connectivity index (χ1) is 8.72. The summed E-state index contributed by atoms with van der Waals surface area (Å²) < 4.78 is 10.2. The Morgan fingerprint density at radius 3 is 2.78 bits per heavy atom. The third-order valence-corrected chi connectivity index (χ3v) is 2.26. The minimum absolute atomic E-state index is 0.214. The minimum atomic E-state index is -0.467. The molecular formula is C13H20N2O3. The second kappa shape index (κ2) is 8.49. The predicted octanol–water partition coefficient (Wildman–Crippen LogP) is 1.28. The number of hydrogen-bond acceptors (Lipinski definition) is 4. The topological polar surface area (TPSA) is 73.6 Å². The van der Waals surface area contributed by atoms with Crippen LogP contribution in [0.4, 0.5) is 4.79 Å². The van der Waals surface area contributed by atoms with E-state index in [4.69, 9.17) is 15.2 Å². The first kappa shape index (κ1) is 14.5. The van der Waals surface area contributed by atoms with Crippen molar-refractivity contribution in [3.05, 3.63) is 35.9 Å². The molecule has 0 aromatic heterocycles. The molecule has 1 rings (SSSR count). The Kier molecular flexibility index (Phi) is 6.83. The molecule has 0 radical (unpaired) electrons. The standard InChI is InChI=1S/C13H20N2O3/c1-2-17-10-12(14)8-15-13(16)18-9-11-6-4-3-5-7-11/h3-7,12H,2,8-10,14H2,1H3,(H,15,16). The van der Waals surface area contributed by atoms with Crippen LogP contribution in [0.5, 0.6) is 0 Å². The number of rotatable bonds is 7. The van der Waals surface area contributed by atoms with Gasteiger partial charge in [-0.15, -0.1) is 0 Å². The maximum absolute atomic E-state index is 11.4. The first-order valence-electron chi connectivity index (χ1n) is 6.00. The van der Waals surface area contributed by atoms with Crippen LogP contribution in [-0.2, 0) is 16.1 Å². The lowest BCUT2D eigenvalue weighted by Crippen LogP contribution is -2.40. The van der Waals surface area contributed by atoms with Crippen molar-refractivity contribution in [1.29, 1.82) is 0 Å². The van der Waals surface area contributed by atoms with E-state index in [0.717, 1.165) is 5.56 Å². The molecule has 0 fully saturated rings. The fraction of sp³-hybridized carbons (Fsp3) is 0.462. The van der Waals surface area contributed by atoms with Gasteiger partial charge in [0.15, 0.2) is 0 Å². The SMILES string of the molecule is CCOCC(N)CNC(=O)OCc1ccccc1. The van der Waals surface area contributed by atoms with Gasteiger partial charge in [0.25, 0.3) is 0 Å². The van der Waals surface area contributed by atoms with E-state index in [2.05, 4.69) is 5.32 Å². The number of ether oxygens (including phenoxy) is 2. The molecule has 0 heterocycles. The number of hydrogen-bond donors (Lipinski definition) is 2. The van der Waals surface area contributed by atoms with Crippen LogP contribution in [-0.4, -0.2) is 31.9 Å². The molecule has 0 saturated heterocycles. The van der Waals surface area contributed by atoms with Crippen molar-refractivity contribution in [2.45, 2.75) is 19.6 Å². The maximum atomic E-state index is 11.4. The number of amides is 1. The summed E-state index contributed by atoms with van der Waals surface area (Å²) in [4.78, 5) is 11.4. The smallest absolute Gasteiger partial charge is 0.407 e. The number of carbonyl (C=O) groups is 1. The van der Waals surface area contributed by atoms with Crippen LogP contribution in [0, 0.1) is 0 Å². The molecule has 0 saturated carbocycles. The van der Waals surface area contributed by atoms with Crippen molar-refractivity contribution in [2.75, 3.05) is 19.8 Å². The normalized spacial score (nSPS) is 11.9. The predicted molar refractivity (Wildman–Crippen MR) is 69.1 cm³/mol. The lowest BCUT2D eigenvalue weighted by atomic mass is 10.2. The second-order valence-corrected chi connectivity index (χ2v) is 3.86. The molecule has 0 aliphatic rings. The highest BCUT2D eigenvalue weighted by atomic mass is 16.5. The highest BCUT2D eigenvalue weighted by Crippen LogP contribution is 2.00. The average molecular weight is 252 g/mol. The van der Waals surface area contributed by atoms with Gasteiger partial charge in [-0.25, -0.2) is 4.79 Å². The van der Waals surface area contributed by atoms with Gasteiger partial charge >= 0.3 is 6.09 Å². The van der Waals surface area contributed by atoms with Gasteiger partial charge in [-0.05, 0) is 12.5 Å². The second-order valence-electron chi connectivity index (χ2n) is 3.86. The highest BCUT2D eigenvalue weighted by molar-refractivity contribution is 5.67. The van der Waals surface area contributed by atoms with E-state index in [9.17, 15) is 4.79 Å². The molecule has 5 heteroatoms. The molecule has 3 N–H and O–H groups in total. The highest BCUT2D eigenvalue weighted by Gasteiger charge is 2.06. The van der Waals surface area contributed by atoms with Crippen molar-refractivity contribution >= 4 is 6.09 Å². The van der Waals surface area contributed by atoms with Gasteiger partial charge < -0.3 is 20.5 Å². The number of benzene rings is 1. The third-order valence-electron chi connectivity index (χ3n) is 2.26. The zero-order valence-corrected chi connectivity index (χ0v) is 10.6. The zero-order valence-electron chi connectivity index (χ0n) is 10.6. The molecule has 1 amide bonds. The molecule has 100 valence electrons. The minimum Gasteiger partial charge on any atom is -0.445 e. The van der Waals surface area contributed by atoms with Crippen LogP contribution in [0.1, 0.15) is 12.5 Å². The Hall–Kier alpha value is -1.59. The molecule has 1 aromatic carbocycles. The van der Waals surface area contributed by atoms with E-state index in [1.807, 2.05) is 37.3 Å². The van der Waals surface area contributed by atoms with Crippen molar-refractivity contribution in [1.82, 2.24) is 5.32 Å². The fourth-order valence-electron chi connectivity index (χ4n) is 1.32. The molecule has 1 aromatic rings. The Morgan fingerprint density at radius 1 is 1.39 bits per heavy atom. The molecule has 0 spiro atoms. The van der Waals surface area contributed by atoms with Crippen LogP contribution in [0.3, 0.4) is 0 Å². The van der Waals surface area contributed by atoms with Crippen LogP contribution < -0.4 is 11.1 Å². The van der Waals surface area contributed by atoms with Crippen LogP contribution in [0.2, 0.25) is 0 Å². The van der Waals surface area contributed by atoms with Gasteiger partial charge in [-0.3, -0.25) is 0 Å². The van der Waals surface area contributed by atoms with E-state index in [0.29, 0.717) is 19.8 Å². The maximum Gasteiger partial charge on any atom is 0.407 e. The van der Waals surface area contributed by atoms with E-state index >= 15 is 0 Å².